The van der Waals surface area contributed by atoms with Crippen molar-refractivity contribution in [2.45, 2.75) is 58.9 Å². The maximum absolute atomic E-state index is 10.3. The third-order valence-electron chi connectivity index (χ3n) is 6.08. The highest BCUT2D eigenvalue weighted by Gasteiger charge is 2.51. The van der Waals surface area contributed by atoms with Crippen molar-refractivity contribution >= 4 is 13.6 Å². The number of aliphatic hydroxyl groups is 1. The first-order valence-corrected chi connectivity index (χ1v) is 12.2. The zero-order valence-electron chi connectivity index (χ0n) is 14.7. The van der Waals surface area contributed by atoms with Crippen LogP contribution in [0.1, 0.15) is 38.7 Å². The Labute approximate surface area is 136 Å². The van der Waals surface area contributed by atoms with E-state index in [4.69, 9.17) is 0 Å². The lowest BCUT2D eigenvalue weighted by molar-refractivity contribution is 0.159. The van der Waals surface area contributed by atoms with Crippen LogP contribution in [-0.4, -0.2) is 19.3 Å². The monoisotopic (exact) mass is 314 g/mol. The van der Waals surface area contributed by atoms with Crippen LogP contribution in [0.15, 0.2) is 35.5 Å². The van der Waals surface area contributed by atoms with Gasteiger partial charge in [-0.1, -0.05) is 69.0 Å². The molecule has 2 aliphatic rings. The molecule has 2 aliphatic carbocycles. The van der Waals surface area contributed by atoms with Gasteiger partial charge in [0.25, 0.3) is 0 Å². The van der Waals surface area contributed by atoms with Crippen molar-refractivity contribution in [3.05, 3.63) is 41.1 Å². The van der Waals surface area contributed by atoms with E-state index in [0.717, 1.165) is 12.8 Å². The molecule has 4 atom stereocenters. The molecular weight excluding hydrogens is 284 g/mol. The van der Waals surface area contributed by atoms with Gasteiger partial charge in [0.2, 0.25) is 0 Å². The van der Waals surface area contributed by atoms with E-state index in [9.17, 15) is 5.11 Å². The van der Waals surface area contributed by atoms with Crippen molar-refractivity contribution in [1.29, 1.82) is 0 Å². The van der Waals surface area contributed by atoms with Crippen molar-refractivity contribution in [2.75, 3.05) is 0 Å². The lowest BCUT2D eigenvalue weighted by atomic mass is 9.64. The zero-order chi connectivity index (χ0) is 16.1. The minimum absolute atomic E-state index is 0.101. The highest BCUT2D eigenvalue weighted by atomic mass is 28.3. The fourth-order valence-electron chi connectivity index (χ4n) is 5.06. The normalized spacial score (nSPS) is 35.6. The van der Waals surface area contributed by atoms with Crippen molar-refractivity contribution in [1.82, 2.24) is 0 Å². The third-order valence-corrected chi connectivity index (χ3v) is 8.33. The summed E-state index contributed by atoms with van der Waals surface area (Å²) in [6.07, 6.45) is 3.06. The molecule has 1 saturated carbocycles. The molecule has 1 N–H and O–H groups in total. The van der Waals surface area contributed by atoms with Gasteiger partial charge in [0.1, 0.15) is 0 Å². The fraction of sp³-hybridized carbons (Fsp3) is 0.600. The summed E-state index contributed by atoms with van der Waals surface area (Å²) in [5.74, 6) is 1.18. The van der Waals surface area contributed by atoms with Gasteiger partial charge < -0.3 is 5.11 Å². The molecule has 0 spiro atoms. The molecule has 0 bridgehead atoms. The van der Waals surface area contributed by atoms with Gasteiger partial charge >= 0.3 is 0 Å². The molecule has 2 unspecified atom stereocenters. The van der Waals surface area contributed by atoms with Gasteiger partial charge in [-0.3, -0.25) is 0 Å². The first-order valence-electron chi connectivity index (χ1n) is 8.69. The van der Waals surface area contributed by atoms with E-state index in [2.05, 4.69) is 63.8 Å². The third kappa shape index (κ3) is 2.61. The maximum atomic E-state index is 10.3. The first kappa shape index (κ1) is 16.0. The van der Waals surface area contributed by atoms with Crippen molar-refractivity contribution in [3.8, 4) is 0 Å². The predicted octanol–water partition coefficient (Wildman–Crippen LogP) is 5.13. The van der Waals surface area contributed by atoms with E-state index in [1.54, 1.807) is 10.8 Å². The Bertz CT molecular complexity index is 583. The Morgan fingerprint density at radius 1 is 1.14 bits per heavy atom. The van der Waals surface area contributed by atoms with Crippen LogP contribution in [0, 0.1) is 17.3 Å². The second-order valence-corrected chi connectivity index (χ2v) is 13.9. The average molecular weight is 315 g/mol. The van der Waals surface area contributed by atoms with Crippen LogP contribution in [0.4, 0.5) is 0 Å². The minimum Gasteiger partial charge on any atom is -0.393 e. The number of rotatable bonds is 2. The summed E-state index contributed by atoms with van der Waals surface area (Å²) >= 11 is 0. The summed E-state index contributed by atoms with van der Waals surface area (Å²) in [6.45, 7) is 12.3. The molecule has 1 nitrogen and oxygen atoms in total. The molecule has 1 aromatic carbocycles. The quantitative estimate of drug-likeness (QED) is 0.750. The molecule has 22 heavy (non-hydrogen) atoms. The first-order chi connectivity index (χ1) is 10.2. The number of aliphatic hydroxyl groups excluding tert-OH is 1. The molecule has 0 aliphatic heterocycles. The highest BCUT2D eigenvalue weighted by molar-refractivity contribution is 6.84. The summed E-state index contributed by atoms with van der Waals surface area (Å²) in [7, 11) is -1.37. The van der Waals surface area contributed by atoms with E-state index in [1.807, 2.05) is 0 Å². The van der Waals surface area contributed by atoms with E-state index < -0.39 is 8.07 Å². The van der Waals surface area contributed by atoms with Crippen molar-refractivity contribution < 1.29 is 5.11 Å². The SMILES string of the molecule is CC1C(c2ccccc2)=C([Si](C)(C)C)C[C@]2(C)C[C@H](O)CC12. The lowest BCUT2D eigenvalue weighted by Crippen LogP contribution is -2.39. The van der Waals surface area contributed by atoms with Crippen molar-refractivity contribution in [2.24, 2.45) is 17.3 Å². The maximum Gasteiger partial charge on any atom is 0.0728 e. The number of hydrogen-bond acceptors (Lipinski definition) is 1. The molecule has 0 heterocycles. The molecule has 0 radical (unpaired) electrons. The minimum atomic E-state index is -1.37. The lowest BCUT2D eigenvalue weighted by Gasteiger charge is -2.46. The molecule has 3 rings (SSSR count). The van der Waals surface area contributed by atoms with Crippen LogP contribution >= 0.6 is 0 Å². The number of fused-ring (bicyclic) bond motifs is 1. The van der Waals surface area contributed by atoms with Gasteiger partial charge in [0.05, 0.1) is 14.2 Å². The van der Waals surface area contributed by atoms with Crippen LogP contribution in [0.25, 0.3) is 5.57 Å². The van der Waals surface area contributed by atoms with Crippen molar-refractivity contribution in [3.63, 3.8) is 0 Å². The molecule has 120 valence electrons. The molecule has 1 aromatic rings. The highest BCUT2D eigenvalue weighted by Crippen LogP contribution is 2.59. The van der Waals surface area contributed by atoms with Gasteiger partial charge in [-0.15, -0.1) is 0 Å². The molecule has 0 aromatic heterocycles. The Morgan fingerprint density at radius 2 is 1.77 bits per heavy atom. The zero-order valence-corrected chi connectivity index (χ0v) is 15.7. The van der Waals surface area contributed by atoms with Gasteiger partial charge in [0.15, 0.2) is 0 Å². The molecule has 1 fully saturated rings. The summed E-state index contributed by atoms with van der Waals surface area (Å²) in [4.78, 5) is 0. The van der Waals surface area contributed by atoms with Gasteiger partial charge in [-0.05, 0) is 47.6 Å². The predicted molar refractivity (Wildman–Crippen MR) is 97.3 cm³/mol. The van der Waals surface area contributed by atoms with Gasteiger partial charge in [-0.2, -0.15) is 0 Å². The summed E-state index contributed by atoms with van der Waals surface area (Å²) in [5, 5.41) is 12.0. The second-order valence-electron chi connectivity index (χ2n) is 8.83. The summed E-state index contributed by atoms with van der Waals surface area (Å²) < 4.78 is 0. The summed E-state index contributed by atoms with van der Waals surface area (Å²) in [5.41, 5.74) is 3.32. The van der Waals surface area contributed by atoms with Crippen LogP contribution in [0.2, 0.25) is 19.6 Å². The Kier molecular flexibility index (Phi) is 3.89. The van der Waals surface area contributed by atoms with Crippen LogP contribution in [0.3, 0.4) is 0 Å². The Morgan fingerprint density at radius 3 is 2.36 bits per heavy atom. The molecule has 0 saturated heterocycles. The number of allylic oxidation sites excluding steroid dienone is 2. The van der Waals surface area contributed by atoms with Crippen LogP contribution in [0.5, 0.6) is 0 Å². The average Bonchev–Trinajstić information content (AvgIpc) is 2.74. The Balaban J connectivity index is 2.15. The van der Waals surface area contributed by atoms with Gasteiger partial charge in [0, 0.05) is 0 Å². The van der Waals surface area contributed by atoms with Crippen LogP contribution in [-0.2, 0) is 0 Å². The van der Waals surface area contributed by atoms with E-state index in [0.29, 0.717) is 17.3 Å². The summed E-state index contributed by atoms with van der Waals surface area (Å²) in [6, 6.07) is 11.0. The van der Waals surface area contributed by atoms with E-state index in [1.165, 1.54) is 12.0 Å². The molecule has 0 amide bonds. The Hall–Kier alpha value is -0.863. The largest absolute Gasteiger partial charge is 0.393 e. The number of benzene rings is 1. The second kappa shape index (κ2) is 5.35. The fourth-order valence-corrected chi connectivity index (χ4v) is 7.17. The standard InChI is InChI=1S/C20H30OSi/c1-14-17-11-16(21)12-20(17,2)13-18(22(3,4)5)19(14)15-9-7-6-8-10-15/h6-10,14,16-17,21H,11-13H2,1-5H3/t14?,16-,17?,20+/m1/s1. The van der Waals surface area contributed by atoms with E-state index in [-0.39, 0.29) is 6.10 Å². The topological polar surface area (TPSA) is 20.2 Å². The van der Waals surface area contributed by atoms with Gasteiger partial charge in [-0.25, -0.2) is 0 Å². The number of hydrogen-bond donors (Lipinski definition) is 1. The van der Waals surface area contributed by atoms with E-state index >= 15 is 0 Å². The van der Waals surface area contributed by atoms with Crippen LogP contribution < -0.4 is 0 Å². The molecular formula is C20H30OSi. The smallest absolute Gasteiger partial charge is 0.0728 e. The molecule has 2 heteroatoms.